The molecule has 0 saturated carbocycles. The Labute approximate surface area is 154 Å². The van der Waals surface area contributed by atoms with Crippen molar-refractivity contribution in [2.45, 2.75) is 45.8 Å². The van der Waals surface area contributed by atoms with Crippen LogP contribution in [0.2, 0.25) is 0 Å². The minimum atomic E-state index is -0.434. The molecule has 0 aromatic carbocycles. The largest absolute Gasteiger partial charge is 0.455 e. The van der Waals surface area contributed by atoms with Gasteiger partial charge in [-0.25, -0.2) is 9.78 Å². The predicted octanol–water partition coefficient (Wildman–Crippen LogP) is 3.24. The number of aryl methyl sites for hydroxylation is 2. The van der Waals surface area contributed by atoms with E-state index in [1.54, 1.807) is 23.8 Å². The highest BCUT2D eigenvalue weighted by molar-refractivity contribution is 7.20. The van der Waals surface area contributed by atoms with Crippen molar-refractivity contribution in [3.05, 3.63) is 56.7 Å². The van der Waals surface area contributed by atoms with Gasteiger partial charge in [0.25, 0.3) is 5.56 Å². The fourth-order valence-electron chi connectivity index (χ4n) is 3.29. The Morgan fingerprint density at radius 3 is 3.00 bits per heavy atom. The molecule has 3 aromatic heterocycles. The van der Waals surface area contributed by atoms with Crippen LogP contribution in [-0.2, 0) is 24.3 Å². The van der Waals surface area contributed by atoms with Gasteiger partial charge >= 0.3 is 5.97 Å². The summed E-state index contributed by atoms with van der Waals surface area (Å²) < 4.78 is 7.16. The van der Waals surface area contributed by atoms with Crippen LogP contribution in [0.3, 0.4) is 0 Å². The Bertz CT molecular complexity index is 1020. The van der Waals surface area contributed by atoms with E-state index in [9.17, 15) is 9.59 Å². The first-order valence-corrected chi connectivity index (χ1v) is 9.56. The van der Waals surface area contributed by atoms with E-state index in [4.69, 9.17) is 4.74 Å². The first-order valence-electron chi connectivity index (χ1n) is 8.75. The zero-order valence-electron chi connectivity index (χ0n) is 14.5. The number of hydrogen-bond acceptors (Lipinski definition) is 6. The number of pyridine rings is 1. The summed E-state index contributed by atoms with van der Waals surface area (Å²) in [7, 11) is 0. The molecular formula is C19H19N3O3S. The number of hydrogen-bond donors (Lipinski definition) is 0. The summed E-state index contributed by atoms with van der Waals surface area (Å²) in [5.74, 6) is 0.394. The maximum atomic E-state index is 12.9. The highest BCUT2D eigenvalue weighted by Crippen LogP contribution is 2.29. The molecular weight excluding hydrogens is 350 g/mol. The average Bonchev–Trinajstić information content (AvgIpc) is 2.82. The average molecular weight is 369 g/mol. The second-order valence-electron chi connectivity index (χ2n) is 6.43. The van der Waals surface area contributed by atoms with Gasteiger partial charge < -0.3 is 4.74 Å². The molecule has 26 heavy (non-hydrogen) atoms. The SMILES string of the molecule is Cc1c(C(=O)OCc2ccccn2)sc2nc3n(c(=O)c12)CCCCC3. The van der Waals surface area contributed by atoms with Crippen LogP contribution in [0.5, 0.6) is 0 Å². The maximum absolute atomic E-state index is 12.9. The van der Waals surface area contributed by atoms with Crippen molar-refractivity contribution in [1.29, 1.82) is 0 Å². The molecule has 6 nitrogen and oxygen atoms in total. The van der Waals surface area contributed by atoms with E-state index < -0.39 is 5.97 Å². The number of rotatable bonds is 3. The summed E-state index contributed by atoms with van der Waals surface area (Å²) in [6.45, 7) is 2.60. The van der Waals surface area contributed by atoms with Crippen LogP contribution in [0.15, 0.2) is 29.2 Å². The van der Waals surface area contributed by atoms with Gasteiger partial charge in [0.15, 0.2) is 0 Å². The van der Waals surface area contributed by atoms with Gasteiger partial charge in [0, 0.05) is 19.2 Å². The van der Waals surface area contributed by atoms with Crippen molar-refractivity contribution in [2.75, 3.05) is 0 Å². The minimum Gasteiger partial charge on any atom is -0.455 e. The van der Waals surface area contributed by atoms with E-state index >= 15 is 0 Å². The quantitative estimate of drug-likeness (QED) is 0.663. The van der Waals surface area contributed by atoms with Crippen LogP contribution >= 0.6 is 11.3 Å². The van der Waals surface area contributed by atoms with E-state index in [0.717, 1.165) is 31.5 Å². The van der Waals surface area contributed by atoms with Gasteiger partial charge in [-0.2, -0.15) is 0 Å². The minimum absolute atomic E-state index is 0.0376. The molecule has 3 aromatic rings. The van der Waals surface area contributed by atoms with Gasteiger partial charge in [-0.05, 0) is 37.5 Å². The standard InChI is InChI=1S/C19H19N3O3S/c1-12-15-17(21-14-8-3-2-6-10-22(14)18(15)23)26-16(12)19(24)25-11-13-7-4-5-9-20-13/h4-5,7,9H,2-3,6,8,10-11H2,1H3. The Kier molecular flexibility index (Phi) is 4.55. The fraction of sp³-hybridized carbons (Fsp3) is 0.368. The van der Waals surface area contributed by atoms with Crippen molar-refractivity contribution >= 4 is 27.5 Å². The lowest BCUT2D eigenvalue weighted by atomic mass is 10.2. The second-order valence-corrected chi connectivity index (χ2v) is 7.43. The molecule has 0 radical (unpaired) electrons. The molecule has 0 fully saturated rings. The zero-order valence-corrected chi connectivity index (χ0v) is 15.3. The molecule has 0 saturated heterocycles. The molecule has 0 bridgehead atoms. The van der Waals surface area contributed by atoms with Gasteiger partial charge in [0.05, 0.1) is 11.1 Å². The van der Waals surface area contributed by atoms with Crippen LogP contribution in [0.4, 0.5) is 0 Å². The van der Waals surface area contributed by atoms with Crippen LogP contribution in [0.25, 0.3) is 10.2 Å². The number of esters is 1. The Morgan fingerprint density at radius 1 is 1.31 bits per heavy atom. The molecule has 0 amide bonds. The number of aromatic nitrogens is 3. The Balaban J connectivity index is 1.68. The van der Waals surface area contributed by atoms with Crippen molar-refractivity contribution in [2.24, 2.45) is 0 Å². The summed E-state index contributed by atoms with van der Waals surface area (Å²) in [6, 6.07) is 5.46. The summed E-state index contributed by atoms with van der Waals surface area (Å²) in [5.41, 5.74) is 1.31. The summed E-state index contributed by atoms with van der Waals surface area (Å²) >= 11 is 1.24. The monoisotopic (exact) mass is 369 g/mol. The van der Waals surface area contributed by atoms with Gasteiger partial charge in [-0.15, -0.1) is 11.3 Å². The van der Waals surface area contributed by atoms with Crippen molar-refractivity contribution in [3.8, 4) is 0 Å². The van der Waals surface area contributed by atoms with Gasteiger partial charge in [-0.1, -0.05) is 12.5 Å². The lowest BCUT2D eigenvalue weighted by Gasteiger charge is -2.08. The van der Waals surface area contributed by atoms with Crippen molar-refractivity contribution in [3.63, 3.8) is 0 Å². The first kappa shape index (κ1) is 16.9. The summed E-state index contributed by atoms with van der Waals surface area (Å²) in [5, 5.41) is 0.547. The highest BCUT2D eigenvalue weighted by Gasteiger charge is 2.23. The number of carbonyl (C=O) groups excluding carboxylic acids is 1. The topological polar surface area (TPSA) is 74.1 Å². The number of ether oxygens (including phenoxy) is 1. The van der Waals surface area contributed by atoms with Crippen LogP contribution in [0.1, 0.15) is 46.0 Å². The van der Waals surface area contributed by atoms with E-state index in [0.29, 0.717) is 32.9 Å². The number of nitrogens with zero attached hydrogens (tertiary/aromatic N) is 3. The van der Waals surface area contributed by atoms with E-state index in [2.05, 4.69) is 9.97 Å². The molecule has 1 aliphatic heterocycles. The molecule has 134 valence electrons. The number of carbonyl (C=O) groups is 1. The van der Waals surface area contributed by atoms with Gasteiger partial charge in [-0.3, -0.25) is 14.3 Å². The predicted molar refractivity (Wildman–Crippen MR) is 99.5 cm³/mol. The smallest absolute Gasteiger partial charge is 0.349 e. The van der Waals surface area contributed by atoms with Gasteiger partial charge in [0.2, 0.25) is 0 Å². The molecule has 0 N–H and O–H groups in total. The molecule has 0 atom stereocenters. The number of thiophene rings is 1. The molecule has 0 unspecified atom stereocenters. The van der Waals surface area contributed by atoms with E-state index in [1.165, 1.54) is 11.3 Å². The molecule has 0 spiro atoms. The number of fused-ring (bicyclic) bond motifs is 2. The molecule has 0 aliphatic carbocycles. The fourth-order valence-corrected chi connectivity index (χ4v) is 4.38. The Hall–Kier alpha value is -2.54. The molecule has 4 heterocycles. The summed E-state index contributed by atoms with van der Waals surface area (Å²) in [6.07, 6.45) is 5.61. The third kappa shape index (κ3) is 3.03. The third-order valence-corrected chi connectivity index (χ3v) is 5.84. The van der Waals surface area contributed by atoms with E-state index in [-0.39, 0.29) is 12.2 Å². The van der Waals surface area contributed by atoms with Gasteiger partial charge in [0.1, 0.15) is 22.1 Å². The molecule has 7 heteroatoms. The first-order chi connectivity index (χ1) is 12.6. The third-order valence-electron chi connectivity index (χ3n) is 4.67. The second kappa shape index (κ2) is 6.99. The lowest BCUT2D eigenvalue weighted by Crippen LogP contribution is -2.24. The van der Waals surface area contributed by atoms with Crippen molar-refractivity contribution in [1.82, 2.24) is 14.5 Å². The van der Waals surface area contributed by atoms with Crippen LogP contribution in [-0.4, -0.2) is 20.5 Å². The summed E-state index contributed by atoms with van der Waals surface area (Å²) in [4.78, 5) is 35.4. The Morgan fingerprint density at radius 2 is 2.19 bits per heavy atom. The molecule has 1 aliphatic rings. The van der Waals surface area contributed by atoms with Crippen LogP contribution in [0, 0.1) is 6.92 Å². The maximum Gasteiger partial charge on any atom is 0.349 e. The zero-order chi connectivity index (χ0) is 18.1. The van der Waals surface area contributed by atoms with E-state index in [1.807, 2.05) is 12.1 Å². The lowest BCUT2D eigenvalue weighted by molar-refractivity contribution is 0.0473. The highest BCUT2D eigenvalue weighted by atomic mass is 32.1. The molecule has 4 rings (SSSR count). The normalized spacial score (nSPS) is 14.0. The van der Waals surface area contributed by atoms with Crippen molar-refractivity contribution < 1.29 is 9.53 Å². The van der Waals surface area contributed by atoms with Crippen LogP contribution < -0.4 is 5.56 Å².